The third-order valence-electron chi connectivity index (χ3n) is 5.28. The standard InChI is InChI=1S/C21H24N4O3/c1-14-21(16-9-10-17(12-16)22-13-18-6-5-11-28-18)15(2)24(23-14)19-7-3-4-8-20(19)25(26)27/h3-11,16-17,22,25-26H,12-13H2,1-2H3/t16-,17-/m1/s1. The molecule has 28 heavy (non-hydrogen) atoms. The Balaban J connectivity index is 1.55. The number of aromatic nitrogens is 2. The van der Waals surface area contributed by atoms with Crippen molar-refractivity contribution in [1.29, 1.82) is 0 Å². The molecule has 3 atom stereocenters. The van der Waals surface area contributed by atoms with Gasteiger partial charge in [0.05, 0.1) is 18.5 Å². The number of hydrogen-bond donors (Lipinski definition) is 3. The molecule has 146 valence electrons. The fraction of sp³-hybridized carbons (Fsp3) is 0.286. The van der Waals surface area contributed by atoms with Crippen molar-refractivity contribution in [2.45, 2.75) is 38.8 Å². The van der Waals surface area contributed by atoms with Crippen LogP contribution in [0.15, 0.2) is 59.2 Å². The molecule has 1 aliphatic carbocycles. The maximum Gasteiger partial charge on any atom is 0.189 e. The van der Waals surface area contributed by atoms with E-state index >= 15 is 0 Å². The van der Waals surface area contributed by atoms with E-state index in [4.69, 9.17) is 4.42 Å². The molecule has 3 aromatic rings. The number of nitrogens with zero attached hydrogens (tertiary/aromatic N) is 2. The van der Waals surface area contributed by atoms with Gasteiger partial charge in [-0.25, -0.2) is 9.89 Å². The summed E-state index contributed by atoms with van der Waals surface area (Å²) in [6.45, 7) is 4.68. The third kappa shape index (κ3) is 3.53. The quantitative estimate of drug-likeness (QED) is 0.452. The first-order chi connectivity index (χ1) is 13.5. The average molecular weight is 380 g/mol. The highest BCUT2D eigenvalue weighted by Crippen LogP contribution is 2.34. The van der Waals surface area contributed by atoms with Crippen LogP contribution in [0.5, 0.6) is 0 Å². The van der Waals surface area contributed by atoms with Gasteiger partial charge in [0.1, 0.15) is 11.4 Å². The van der Waals surface area contributed by atoms with Crippen LogP contribution in [0.25, 0.3) is 5.69 Å². The Bertz CT molecular complexity index is 976. The summed E-state index contributed by atoms with van der Waals surface area (Å²) in [4.78, 5) is 0. The predicted octanol–water partition coefficient (Wildman–Crippen LogP) is 2.69. The molecule has 1 aromatic carbocycles. The lowest BCUT2D eigenvalue weighted by Crippen LogP contribution is -2.99. The van der Waals surface area contributed by atoms with Gasteiger partial charge < -0.3 is 14.9 Å². The van der Waals surface area contributed by atoms with Crippen molar-refractivity contribution < 1.29 is 14.9 Å². The second kappa shape index (κ2) is 7.73. The maximum atomic E-state index is 11.6. The molecule has 2 heterocycles. The highest BCUT2D eigenvalue weighted by Gasteiger charge is 2.27. The molecule has 0 saturated heterocycles. The molecule has 0 fully saturated rings. The van der Waals surface area contributed by atoms with E-state index in [0.29, 0.717) is 12.2 Å². The van der Waals surface area contributed by atoms with E-state index in [1.54, 1.807) is 29.1 Å². The summed E-state index contributed by atoms with van der Waals surface area (Å²) < 4.78 is 7.13. The van der Waals surface area contributed by atoms with E-state index in [-0.39, 0.29) is 17.6 Å². The summed E-state index contributed by atoms with van der Waals surface area (Å²) in [7, 11) is 0. The number of furan rings is 1. The molecule has 1 aliphatic rings. The van der Waals surface area contributed by atoms with E-state index in [2.05, 4.69) is 22.6 Å². The van der Waals surface area contributed by atoms with Crippen molar-refractivity contribution >= 4 is 5.69 Å². The van der Waals surface area contributed by atoms with Gasteiger partial charge in [-0.15, -0.1) is 0 Å². The van der Waals surface area contributed by atoms with Gasteiger partial charge in [0.25, 0.3) is 0 Å². The van der Waals surface area contributed by atoms with Gasteiger partial charge in [-0.05, 0) is 38.5 Å². The normalized spacial score (nSPS) is 20.0. The predicted molar refractivity (Wildman–Crippen MR) is 105 cm³/mol. The number of nitrogens with one attached hydrogen (secondary N) is 2. The van der Waals surface area contributed by atoms with Crippen molar-refractivity contribution in [3.05, 3.63) is 82.7 Å². The molecule has 0 spiro atoms. The molecule has 0 aliphatic heterocycles. The number of para-hydroxylation sites is 2. The Labute approximate surface area is 163 Å². The number of aryl methyl sites for hydroxylation is 1. The minimum atomic E-state index is -0.951. The molecule has 7 heteroatoms. The Morgan fingerprint density at radius 1 is 1.25 bits per heavy atom. The van der Waals surface area contributed by atoms with E-state index in [1.165, 1.54) is 5.56 Å². The summed E-state index contributed by atoms with van der Waals surface area (Å²) >= 11 is 0. The van der Waals surface area contributed by atoms with Gasteiger partial charge in [0.15, 0.2) is 5.69 Å². The number of hydrogen-bond acceptors (Lipinski definition) is 5. The SMILES string of the molecule is Cc1nn(-c2ccccc2[NH+]([O-])O)c(C)c1[C@@H]1C=C[C@@H](NCc2ccco2)C1. The first-order valence-corrected chi connectivity index (χ1v) is 9.37. The van der Waals surface area contributed by atoms with E-state index in [1.807, 2.05) is 32.0 Å². The fourth-order valence-electron chi connectivity index (χ4n) is 3.97. The smallest absolute Gasteiger partial charge is 0.189 e. The minimum absolute atomic E-state index is 0.250. The first kappa shape index (κ1) is 18.6. The molecule has 4 rings (SSSR count). The van der Waals surface area contributed by atoms with Crippen LogP contribution in [-0.4, -0.2) is 21.0 Å². The number of benzene rings is 1. The molecule has 3 N–H and O–H groups in total. The number of rotatable bonds is 6. The van der Waals surface area contributed by atoms with E-state index < -0.39 is 5.23 Å². The molecule has 0 saturated carbocycles. The lowest BCUT2D eigenvalue weighted by molar-refractivity contribution is -0.991. The van der Waals surface area contributed by atoms with Gasteiger partial charge in [-0.2, -0.15) is 10.3 Å². The van der Waals surface area contributed by atoms with Crippen LogP contribution >= 0.6 is 0 Å². The molecule has 7 nitrogen and oxygen atoms in total. The molecular weight excluding hydrogens is 356 g/mol. The highest BCUT2D eigenvalue weighted by molar-refractivity contribution is 5.53. The van der Waals surface area contributed by atoms with Crippen LogP contribution < -0.4 is 10.5 Å². The fourth-order valence-corrected chi connectivity index (χ4v) is 3.97. The minimum Gasteiger partial charge on any atom is -0.595 e. The lowest BCUT2D eigenvalue weighted by Gasteiger charge is -2.17. The van der Waals surface area contributed by atoms with Crippen LogP contribution in [0.3, 0.4) is 0 Å². The molecule has 2 aromatic heterocycles. The summed E-state index contributed by atoms with van der Waals surface area (Å²) in [6.07, 6.45) is 7.02. The molecule has 0 radical (unpaired) electrons. The van der Waals surface area contributed by atoms with Crippen LogP contribution in [0.4, 0.5) is 5.69 Å². The maximum absolute atomic E-state index is 11.6. The van der Waals surface area contributed by atoms with Crippen LogP contribution in [0, 0.1) is 19.1 Å². The highest BCUT2D eigenvalue weighted by atomic mass is 16.8. The lowest BCUT2D eigenvalue weighted by atomic mass is 9.96. The number of quaternary nitrogens is 1. The zero-order valence-electron chi connectivity index (χ0n) is 15.9. The average Bonchev–Trinajstić information content (AvgIpc) is 3.41. The third-order valence-corrected chi connectivity index (χ3v) is 5.28. The first-order valence-electron chi connectivity index (χ1n) is 9.37. The zero-order valence-corrected chi connectivity index (χ0v) is 15.9. The Morgan fingerprint density at radius 2 is 2.07 bits per heavy atom. The second-order valence-electron chi connectivity index (χ2n) is 7.11. The van der Waals surface area contributed by atoms with Crippen molar-refractivity contribution in [2.75, 3.05) is 0 Å². The summed E-state index contributed by atoms with van der Waals surface area (Å²) in [5.41, 5.74) is 3.92. The Morgan fingerprint density at radius 3 is 2.82 bits per heavy atom. The van der Waals surface area contributed by atoms with Crippen LogP contribution in [-0.2, 0) is 6.54 Å². The van der Waals surface area contributed by atoms with Crippen molar-refractivity contribution in [3.63, 3.8) is 0 Å². The summed E-state index contributed by atoms with van der Waals surface area (Å²) in [6, 6.07) is 11.1. The van der Waals surface area contributed by atoms with Crippen molar-refractivity contribution in [1.82, 2.24) is 15.1 Å². The van der Waals surface area contributed by atoms with Crippen LogP contribution in [0.2, 0.25) is 0 Å². The van der Waals surface area contributed by atoms with Gasteiger partial charge in [0.2, 0.25) is 0 Å². The molecule has 0 bridgehead atoms. The van der Waals surface area contributed by atoms with E-state index in [0.717, 1.165) is 23.6 Å². The summed E-state index contributed by atoms with van der Waals surface area (Å²) in [5.74, 6) is 1.17. The summed E-state index contributed by atoms with van der Waals surface area (Å²) in [5, 5.41) is 28.3. The Hall–Kier alpha value is -2.71. The van der Waals surface area contributed by atoms with Crippen molar-refractivity contribution in [2.24, 2.45) is 0 Å². The molecular formula is C21H24N4O3. The zero-order chi connectivity index (χ0) is 19.7. The second-order valence-corrected chi connectivity index (χ2v) is 7.11. The topological polar surface area (TPSA) is 90.7 Å². The molecule has 1 unspecified atom stereocenters. The number of allylic oxidation sites excluding steroid dienone is 1. The van der Waals surface area contributed by atoms with Crippen LogP contribution in [0.1, 0.15) is 35.1 Å². The van der Waals surface area contributed by atoms with Gasteiger partial charge in [-0.3, -0.25) is 0 Å². The molecule has 0 amide bonds. The van der Waals surface area contributed by atoms with E-state index in [9.17, 15) is 10.4 Å². The van der Waals surface area contributed by atoms with Gasteiger partial charge >= 0.3 is 0 Å². The van der Waals surface area contributed by atoms with Gasteiger partial charge in [-0.1, -0.05) is 24.3 Å². The monoisotopic (exact) mass is 380 g/mol. The Kier molecular flexibility index (Phi) is 5.15. The largest absolute Gasteiger partial charge is 0.595 e. The van der Waals surface area contributed by atoms with Crippen molar-refractivity contribution in [3.8, 4) is 5.69 Å². The van der Waals surface area contributed by atoms with Gasteiger partial charge in [0, 0.05) is 29.3 Å².